The van der Waals surface area contributed by atoms with E-state index < -0.39 is 18.0 Å². The Morgan fingerprint density at radius 3 is 2.35 bits per heavy atom. The van der Waals surface area contributed by atoms with Crippen LogP contribution in [0.4, 0.5) is 5.69 Å². The van der Waals surface area contributed by atoms with Gasteiger partial charge in [-0.25, -0.2) is 4.79 Å². The number of rotatable bonds is 7. The molecule has 0 aromatic heterocycles. The summed E-state index contributed by atoms with van der Waals surface area (Å²) in [5.41, 5.74) is 0.500. The van der Waals surface area contributed by atoms with Crippen LogP contribution >= 0.6 is 0 Å². The molecule has 2 rings (SSSR count). The zero-order chi connectivity index (χ0) is 19.1. The van der Waals surface area contributed by atoms with Crippen molar-refractivity contribution in [1.82, 2.24) is 0 Å². The van der Waals surface area contributed by atoms with E-state index in [-0.39, 0.29) is 11.3 Å². The van der Waals surface area contributed by atoms with Crippen LogP contribution in [-0.2, 0) is 9.53 Å². The van der Waals surface area contributed by atoms with E-state index in [0.29, 0.717) is 23.8 Å². The molecule has 0 radical (unpaired) electrons. The number of methoxy groups -OCH3 is 1. The molecular formula is C19H21NO6. The summed E-state index contributed by atoms with van der Waals surface area (Å²) < 4.78 is 15.4. The molecule has 26 heavy (non-hydrogen) atoms. The molecule has 0 unspecified atom stereocenters. The van der Waals surface area contributed by atoms with Gasteiger partial charge in [-0.1, -0.05) is 0 Å². The molecular weight excluding hydrogens is 338 g/mol. The van der Waals surface area contributed by atoms with Gasteiger partial charge < -0.3 is 24.6 Å². The maximum atomic E-state index is 12.2. The monoisotopic (exact) mass is 359 g/mol. The minimum absolute atomic E-state index is 0.0495. The molecule has 2 aromatic rings. The van der Waals surface area contributed by atoms with Gasteiger partial charge >= 0.3 is 5.97 Å². The van der Waals surface area contributed by atoms with Crippen LogP contribution in [0, 0.1) is 0 Å². The molecule has 0 aliphatic rings. The van der Waals surface area contributed by atoms with Crippen molar-refractivity contribution < 1.29 is 28.9 Å². The lowest BCUT2D eigenvalue weighted by molar-refractivity contribution is -0.123. The quantitative estimate of drug-likeness (QED) is 0.738. The second kappa shape index (κ2) is 8.75. The van der Waals surface area contributed by atoms with E-state index in [1.165, 1.54) is 32.2 Å². The summed E-state index contributed by atoms with van der Waals surface area (Å²) in [5.74, 6) is -0.483. The fourth-order valence-electron chi connectivity index (χ4n) is 2.13. The van der Waals surface area contributed by atoms with Crippen LogP contribution in [0.2, 0.25) is 0 Å². The van der Waals surface area contributed by atoms with Crippen LogP contribution in [0.25, 0.3) is 0 Å². The van der Waals surface area contributed by atoms with Gasteiger partial charge in [0.25, 0.3) is 5.91 Å². The maximum absolute atomic E-state index is 12.2. The maximum Gasteiger partial charge on any atom is 0.342 e. The summed E-state index contributed by atoms with van der Waals surface area (Å²) in [6.45, 7) is 3.88. The summed E-state index contributed by atoms with van der Waals surface area (Å²) in [4.78, 5) is 24.3. The standard InChI is InChI=1S/C19H21NO6/c1-4-25-14-7-5-13(6-8-14)20-18(22)12(2)26-19(23)16-10-9-15(24-3)11-17(16)21/h5-12,21H,4H2,1-3H3,(H,20,22)/t12-/m1/s1. The van der Waals surface area contributed by atoms with Crippen molar-refractivity contribution in [3.05, 3.63) is 48.0 Å². The Morgan fingerprint density at radius 2 is 1.77 bits per heavy atom. The van der Waals surface area contributed by atoms with E-state index in [9.17, 15) is 14.7 Å². The van der Waals surface area contributed by atoms with Gasteiger partial charge in [0.15, 0.2) is 6.10 Å². The molecule has 0 heterocycles. The van der Waals surface area contributed by atoms with Crippen LogP contribution < -0.4 is 14.8 Å². The molecule has 0 spiro atoms. The fraction of sp³-hybridized carbons (Fsp3) is 0.263. The summed E-state index contributed by atoms with van der Waals surface area (Å²) in [5, 5.41) is 12.5. The lowest BCUT2D eigenvalue weighted by Crippen LogP contribution is -2.30. The van der Waals surface area contributed by atoms with E-state index in [2.05, 4.69) is 5.32 Å². The Bertz CT molecular complexity index is 772. The van der Waals surface area contributed by atoms with Gasteiger partial charge in [-0.05, 0) is 50.2 Å². The summed E-state index contributed by atoms with van der Waals surface area (Å²) >= 11 is 0. The number of carbonyl (C=O) groups excluding carboxylic acids is 2. The zero-order valence-electron chi connectivity index (χ0n) is 14.8. The van der Waals surface area contributed by atoms with E-state index in [0.717, 1.165) is 0 Å². The average molecular weight is 359 g/mol. The van der Waals surface area contributed by atoms with Crippen LogP contribution in [0.5, 0.6) is 17.2 Å². The minimum atomic E-state index is -1.05. The first-order valence-electron chi connectivity index (χ1n) is 8.06. The number of hydrogen-bond donors (Lipinski definition) is 2. The van der Waals surface area contributed by atoms with Gasteiger partial charge in [0, 0.05) is 11.8 Å². The van der Waals surface area contributed by atoms with Crippen molar-refractivity contribution >= 4 is 17.6 Å². The third-order valence-electron chi connectivity index (χ3n) is 3.51. The number of amides is 1. The number of carbonyl (C=O) groups is 2. The molecule has 7 nitrogen and oxygen atoms in total. The molecule has 0 bridgehead atoms. The topological polar surface area (TPSA) is 94.1 Å². The molecule has 1 amide bonds. The summed E-state index contributed by atoms with van der Waals surface area (Å²) in [6, 6.07) is 11.0. The SMILES string of the molecule is CCOc1ccc(NC(=O)[C@@H](C)OC(=O)c2ccc(OC)cc2O)cc1. The fourth-order valence-corrected chi connectivity index (χ4v) is 2.13. The van der Waals surface area contributed by atoms with Crippen LogP contribution in [0.1, 0.15) is 24.2 Å². The molecule has 0 aliphatic heterocycles. The number of ether oxygens (including phenoxy) is 3. The lowest BCUT2D eigenvalue weighted by atomic mass is 10.2. The molecule has 0 fully saturated rings. The molecule has 7 heteroatoms. The molecule has 2 aromatic carbocycles. The highest BCUT2D eigenvalue weighted by atomic mass is 16.5. The third kappa shape index (κ3) is 4.89. The Labute approximate surface area is 151 Å². The first-order valence-corrected chi connectivity index (χ1v) is 8.06. The van der Waals surface area contributed by atoms with Crippen molar-refractivity contribution in [3.63, 3.8) is 0 Å². The Morgan fingerprint density at radius 1 is 1.12 bits per heavy atom. The number of phenolic OH excluding ortho intramolecular Hbond substituents is 1. The van der Waals surface area contributed by atoms with Crippen LogP contribution in [-0.4, -0.2) is 36.8 Å². The zero-order valence-corrected chi connectivity index (χ0v) is 14.8. The Balaban J connectivity index is 1.96. The van der Waals surface area contributed by atoms with Gasteiger partial charge in [0.2, 0.25) is 0 Å². The third-order valence-corrected chi connectivity index (χ3v) is 3.51. The minimum Gasteiger partial charge on any atom is -0.507 e. The average Bonchev–Trinajstić information content (AvgIpc) is 2.63. The van der Waals surface area contributed by atoms with Gasteiger partial charge in [0.1, 0.15) is 22.8 Å². The van der Waals surface area contributed by atoms with E-state index in [4.69, 9.17) is 14.2 Å². The van der Waals surface area contributed by atoms with Gasteiger partial charge in [0.05, 0.1) is 13.7 Å². The molecule has 138 valence electrons. The number of benzene rings is 2. The first-order chi connectivity index (χ1) is 12.4. The van der Waals surface area contributed by atoms with Crippen LogP contribution in [0.15, 0.2) is 42.5 Å². The number of esters is 1. The van der Waals surface area contributed by atoms with Crippen molar-refractivity contribution in [2.75, 3.05) is 19.0 Å². The second-order valence-corrected chi connectivity index (χ2v) is 5.38. The predicted octanol–water partition coefficient (Wildman–Crippen LogP) is 2.98. The van der Waals surface area contributed by atoms with Gasteiger partial charge in [-0.3, -0.25) is 4.79 Å². The largest absolute Gasteiger partial charge is 0.507 e. The summed E-state index contributed by atoms with van der Waals surface area (Å²) in [6.07, 6.45) is -1.05. The van der Waals surface area contributed by atoms with Crippen molar-refractivity contribution in [3.8, 4) is 17.2 Å². The Hall–Kier alpha value is -3.22. The molecule has 1 atom stereocenters. The molecule has 0 saturated carbocycles. The van der Waals surface area contributed by atoms with Crippen molar-refractivity contribution in [2.45, 2.75) is 20.0 Å². The van der Waals surface area contributed by atoms with Crippen LogP contribution in [0.3, 0.4) is 0 Å². The van der Waals surface area contributed by atoms with Crippen molar-refractivity contribution in [1.29, 1.82) is 0 Å². The normalized spacial score (nSPS) is 11.3. The smallest absolute Gasteiger partial charge is 0.342 e. The number of nitrogens with one attached hydrogen (secondary N) is 1. The van der Waals surface area contributed by atoms with Gasteiger partial charge in [-0.15, -0.1) is 0 Å². The second-order valence-electron chi connectivity index (χ2n) is 5.38. The first kappa shape index (κ1) is 19.1. The van der Waals surface area contributed by atoms with E-state index in [1.807, 2.05) is 6.92 Å². The highest BCUT2D eigenvalue weighted by Crippen LogP contribution is 2.24. The molecule has 2 N–H and O–H groups in total. The van der Waals surface area contributed by atoms with E-state index in [1.54, 1.807) is 24.3 Å². The molecule has 0 saturated heterocycles. The van der Waals surface area contributed by atoms with Gasteiger partial charge in [-0.2, -0.15) is 0 Å². The summed E-state index contributed by atoms with van der Waals surface area (Å²) in [7, 11) is 1.44. The molecule has 0 aliphatic carbocycles. The Kier molecular flexibility index (Phi) is 6.43. The highest BCUT2D eigenvalue weighted by Gasteiger charge is 2.21. The predicted molar refractivity (Wildman–Crippen MR) is 95.8 cm³/mol. The number of anilines is 1. The van der Waals surface area contributed by atoms with E-state index >= 15 is 0 Å². The number of aromatic hydroxyl groups is 1. The number of hydrogen-bond acceptors (Lipinski definition) is 6. The number of phenols is 1. The van der Waals surface area contributed by atoms with Crippen molar-refractivity contribution in [2.24, 2.45) is 0 Å². The highest BCUT2D eigenvalue weighted by molar-refractivity contribution is 5.98. The lowest BCUT2D eigenvalue weighted by Gasteiger charge is -2.14.